The van der Waals surface area contributed by atoms with Crippen LogP contribution >= 0.6 is 0 Å². The number of nitrogens with zero attached hydrogens (tertiary/aromatic N) is 1. The molecule has 0 aliphatic carbocycles. The first-order valence-corrected chi connectivity index (χ1v) is 11.3. The molecule has 1 N–H and O–H groups in total. The summed E-state index contributed by atoms with van der Waals surface area (Å²) in [5, 5.41) is 3.04. The Morgan fingerprint density at radius 3 is 2.21 bits per heavy atom. The molecular weight excluding hydrogens is 388 g/mol. The summed E-state index contributed by atoms with van der Waals surface area (Å²) in [4.78, 5) is 13.2. The van der Waals surface area contributed by atoms with Gasteiger partial charge in [-0.25, -0.2) is 8.42 Å². The molecule has 1 aliphatic heterocycles. The molecule has 1 heterocycles. The summed E-state index contributed by atoms with van der Waals surface area (Å²) in [6.07, 6.45) is -0.927. The Morgan fingerprint density at radius 1 is 1.00 bits per heavy atom. The fourth-order valence-corrected chi connectivity index (χ4v) is 5.14. The molecule has 1 unspecified atom stereocenters. The molecule has 2 aromatic carbocycles. The third kappa shape index (κ3) is 4.40. The maximum atomic E-state index is 13.3. The van der Waals surface area contributed by atoms with Crippen LogP contribution in [0.1, 0.15) is 27.7 Å². The van der Waals surface area contributed by atoms with Crippen molar-refractivity contribution in [2.24, 2.45) is 11.8 Å². The molecule has 1 aliphatic rings. The Hall–Kier alpha value is -2.54. The first-order chi connectivity index (χ1) is 13.7. The van der Waals surface area contributed by atoms with Crippen molar-refractivity contribution in [2.75, 3.05) is 10.8 Å². The average Bonchev–Trinajstić information content (AvgIpc) is 2.71. The maximum Gasteiger partial charge on any atom is 0.264 e. The molecule has 29 heavy (non-hydrogen) atoms. The molecule has 0 radical (unpaired) electrons. The summed E-state index contributed by atoms with van der Waals surface area (Å²) in [5.41, 5.74) is 0.435. The van der Waals surface area contributed by atoms with E-state index in [0.717, 1.165) is 0 Å². The normalized spacial score (nSPS) is 16.7. The van der Waals surface area contributed by atoms with Gasteiger partial charge in [0.1, 0.15) is 5.75 Å². The number of carbonyl (C=O) groups excluding carboxylic acids is 1. The highest BCUT2D eigenvalue weighted by atomic mass is 32.2. The number of rotatable bonds is 6. The van der Waals surface area contributed by atoms with E-state index in [-0.39, 0.29) is 35.2 Å². The van der Waals surface area contributed by atoms with Crippen LogP contribution in [0.15, 0.2) is 59.5 Å². The molecule has 156 valence electrons. The van der Waals surface area contributed by atoms with Gasteiger partial charge >= 0.3 is 0 Å². The maximum absolute atomic E-state index is 13.3. The van der Waals surface area contributed by atoms with Gasteiger partial charge in [0, 0.05) is 6.04 Å². The Labute approximate surface area is 172 Å². The lowest BCUT2D eigenvalue weighted by atomic mass is 9.93. The number of para-hydroxylation sites is 2. The molecule has 0 aromatic heterocycles. The zero-order valence-corrected chi connectivity index (χ0v) is 18.0. The third-order valence-electron chi connectivity index (χ3n) is 5.10. The first-order valence-electron chi connectivity index (χ1n) is 9.85. The number of hydrogen-bond acceptors (Lipinski definition) is 4. The van der Waals surface area contributed by atoms with Gasteiger partial charge in [0.05, 0.1) is 17.1 Å². The van der Waals surface area contributed by atoms with Crippen LogP contribution in [-0.4, -0.2) is 33.0 Å². The summed E-state index contributed by atoms with van der Waals surface area (Å²) in [5.74, 6) is 0.571. The van der Waals surface area contributed by atoms with Crippen molar-refractivity contribution in [3.8, 4) is 5.75 Å². The van der Waals surface area contributed by atoms with Crippen LogP contribution in [0.2, 0.25) is 0 Å². The predicted molar refractivity (Wildman–Crippen MR) is 113 cm³/mol. The molecule has 3 rings (SSSR count). The number of ether oxygens (including phenoxy) is 1. The first kappa shape index (κ1) is 21.2. The lowest BCUT2D eigenvalue weighted by Gasteiger charge is -2.36. The van der Waals surface area contributed by atoms with Crippen molar-refractivity contribution in [2.45, 2.75) is 44.7 Å². The molecule has 0 saturated heterocycles. The van der Waals surface area contributed by atoms with E-state index in [0.29, 0.717) is 11.4 Å². The molecule has 1 atom stereocenters. The van der Waals surface area contributed by atoms with E-state index >= 15 is 0 Å². The summed E-state index contributed by atoms with van der Waals surface area (Å²) >= 11 is 0. The van der Waals surface area contributed by atoms with Crippen LogP contribution in [0.5, 0.6) is 5.75 Å². The van der Waals surface area contributed by atoms with E-state index in [9.17, 15) is 13.2 Å². The van der Waals surface area contributed by atoms with Gasteiger partial charge in [-0.05, 0) is 36.1 Å². The monoisotopic (exact) mass is 416 g/mol. The van der Waals surface area contributed by atoms with Gasteiger partial charge in [0.15, 0.2) is 6.10 Å². The van der Waals surface area contributed by atoms with Gasteiger partial charge in [-0.15, -0.1) is 0 Å². The van der Waals surface area contributed by atoms with Crippen LogP contribution in [-0.2, 0) is 14.8 Å². The largest absolute Gasteiger partial charge is 0.476 e. The zero-order chi connectivity index (χ0) is 21.2. The van der Waals surface area contributed by atoms with E-state index in [4.69, 9.17) is 4.74 Å². The second kappa shape index (κ2) is 8.45. The number of carbonyl (C=O) groups is 1. The standard InChI is InChI=1S/C22H28N2O4S/c1-15(2)21(16(3)4)23-22(25)20-14-24(18-12-8-9-13-19(18)28-20)29(26,27)17-10-6-5-7-11-17/h5-13,15-16,20-21H,14H2,1-4H3,(H,23,25). The SMILES string of the molecule is CC(C)C(NC(=O)C1CN(S(=O)(=O)c2ccccc2)c2ccccc2O1)C(C)C. The number of amides is 1. The molecule has 0 spiro atoms. The number of nitrogens with one attached hydrogen (secondary N) is 1. The molecule has 0 fully saturated rings. The number of benzene rings is 2. The number of fused-ring (bicyclic) bond motifs is 1. The van der Waals surface area contributed by atoms with Crippen molar-refractivity contribution in [3.05, 3.63) is 54.6 Å². The van der Waals surface area contributed by atoms with E-state index in [1.54, 1.807) is 54.6 Å². The topological polar surface area (TPSA) is 75.7 Å². The van der Waals surface area contributed by atoms with E-state index in [1.165, 1.54) is 4.31 Å². The highest BCUT2D eigenvalue weighted by Crippen LogP contribution is 2.36. The lowest BCUT2D eigenvalue weighted by Crippen LogP contribution is -2.54. The van der Waals surface area contributed by atoms with Crippen LogP contribution in [0.4, 0.5) is 5.69 Å². The minimum absolute atomic E-state index is 0.0255. The molecule has 6 nitrogen and oxygen atoms in total. The van der Waals surface area contributed by atoms with Crippen LogP contribution in [0, 0.1) is 11.8 Å². The average molecular weight is 417 g/mol. The van der Waals surface area contributed by atoms with E-state index in [1.807, 2.05) is 27.7 Å². The quantitative estimate of drug-likeness (QED) is 0.783. The van der Waals surface area contributed by atoms with Gasteiger partial charge in [-0.1, -0.05) is 58.0 Å². The van der Waals surface area contributed by atoms with Crippen molar-refractivity contribution < 1.29 is 17.9 Å². The minimum Gasteiger partial charge on any atom is -0.476 e. The molecule has 7 heteroatoms. The Bertz CT molecular complexity index is 950. The van der Waals surface area contributed by atoms with E-state index in [2.05, 4.69) is 5.32 Å². The van der Waals surface area contributed by atoms with Gasteiger partial charge in [0.2, 0.25) is 0 Å². The number of sulfonamides is 1. The highest BCUT2D eigenvalue weighted by molar-refractivity contribution is 7.92. The number of anilines is 1. The Morgan fingerprint density at radius 2 is 1.59 bits per heavy atom. The summed E-state index contributed by atoms with van der Waals surface area (Å²) in [6, 6.07) is 15.1. The van der Waals surface area contributed by atoms with Crippen molar-refractivity contribution >= 4 is 21.6 Å². The van der Waals surface area contributed by atoms with Crippen molar-refractivity contribution in [1.82, 2.24) is 5.32 Å². The molecule has 0 saturated carbocycles. The van der Waals surface area contributed by atoms with Gasteiger partial charge < -0.3 is 10.1 Å². The molecular formula is C22H28N2O4S. The van der Waals surface area contributed by atoms with Crippen LogP contribution in [0.3, 0.4) is 0 Å². The second-order valence-corrected chi connectivity index (χ2v) is 9.81. The fraction of sp³-hybridized carbons (Fsp3) is 0.409. The smallest absolute Gasteiger partial charge is 0.264 e. The van der Waals surface area contributed by atoms with Gasteiger partial charge in [-0.2, -0.15) is 0 Å². The minimum atomic E-state index is -3.83. The van der Waals surface area contributed by atoms with Crippen LogP contribution < -0.4 is 14.4 Å². The fourth-order valence-electron chi connectivity index (χ4n) is 3.65. The van der Waals surface area contributed by atoms with Gasteiger partial charge in [0.25, 0.3) is 15.9 Å². The van der Waals surface area contributed by atoms with Gasteiger partial charge in [-0.3, -0.25) is 9.10 Å². The molecule has 0 bridgehead atoms. The van der Waals surface area contributed by atoms with Crippen molar-refractivity contribution in [1.29, 1.82) is 0 Å². The summed E-state index contributed by atoms with van der Waals surface area (Å²) in [7, 11) is -3.83. The third-order valence-corrected chi connectivity index (χ3v) is 6.90. The zero-order valence-electron chi connectivity index (χ0n) is 17.2. The lowest BCUT2D eigenvalue weighted by molar-refractivity contribution is -0.129. The van der Waals surface area contributed by atoms with Crippen molar-refractivity contribution in [3.63, 3.8) is 0 Å². The Balaban J connectivity index is 1.94. The second-order valence-electron chi connectivity index (χ2n) is 7.95. The summed E-state index contributed by atoms with van der Waals surface area (Å²) in [6.45, 7) is 8.12. The number of hydrogen-bond donors (Lipinski definition) is 1. The molecule has 2 aromatic rings. The Kier molecular flexibility index (Phi) is 6.17. The van der Waals surface area contributed by atoms with E-state index < -0.39 is 16.1 Å². The predicted octanol–water partition coefficient (Wildman–Crippen LogP) is 3.44. The van der Waals surface area contributed by atoms with Crippen LogP contribution in [0.25, 0.3) is 0 Å². The summed E-state index contributed by atoms with van der Waals surface area (Å²) < 4.78 is 33.8. The highest BCUT2D eigenvalue weighted by Gasteiger charge is 2.38. The molecule has 1 amide bonds.